The summed E-state index contributed by atoms with van der Waals surface area (Å²) in [5.74, 6) is 0.555. The fraction of sp³-hybridized carbons (Fsp3) is 0.636. The Morgan fingerprint density at radius 3 is 2.25 bits per heavy atom. The lowest BCUT2D eigenvalue weighted by Crippen LogP contribution is -2.48. The fourth-order valence-electron chi connectivity index (χ4n) is 6.31. The van der Waals surface area contributed by atoms with Crippen molar-refractivity contribution in [2.75, 3.05) is 6.54 Å². The van der Waals surface area contributed by atoms with Gasteiger partial charge in [0, 0.05) is 18.1 Å². The molecule has 0 spiro atoms. The summed E-state index contributed by atoms with van der Waals surface area (Å²) in [4.78, 5) is 24.6. The van der Waals surface area contributed by atoms with Crippen molar-refractivity contribution in [1.29, 1.82) is 0 Å². The van der Waals surface area contributed by atoms with Gasteiger partial charge >= 0.3 is 0 Å². The number of carbonyl (C=O) groups is 2. The quantitative estimate of drug-likeness (QED) is 0.775. The van der Waals surface area contributed by atoms with Gasteiger partial charge in [-0.3, -0.25) is 9.59 Å². The molecule has 1 aromatic carbocycles. The van der Waals surface area contributed by atoms with Crippen LogP contribution in [0.25, 0.3) is 0 Å². The molecule has 0 aromatic heterocycles. The molecule has 1 unspecified atom stereocenters. The van der Waals surface area contributed by atoms with E-state index < -0.39 is 17.7 Å². The monoisotopic (exact) mass is 390 g/mol. The Morgan fingerprint density at radius 2 is 1.68 bits per heavy atom. The van der Waals surface area contributed by atoms with Gasteiger partial charge in [-0.25, -0.2) is 8.78 Å². The van der Waals surface area contributed by atoms with Crippen molar-refractivity contribution in [1.82, 2.24) is 10.6 Å². The van der Waals surface area contributed by atoms with Crippen LogP contribution in [0, 0.1) is 34.8 Å². The average Bonchev–Trinajstić information content (AvgIpc) is 2.58. The van der Waals surface area contributed by atoms with Crippen molar-refractivity contribution in [2.45, 2.75) is 57.9 Å². The molecule has 6 heteroatoms. The van der Waals surface area contributed by atoms with Crippen LogP contribution in [0.3, 0.4) is 0 Å². The summed E-state index contributed by atoms with van der Waals surface area (Å²) in [5, 5.41) is 5.39. The Hall–Kier alpha value is -1.98. The molecule has 2 N–H and O–H groups in total. The third kappa shape index (κ3) is 4.06. The Bertz CT molecular complexity index is 745. The molecule has 0 radical (unpaired) electrons. The molecule has 28 heavy (non-hydrogen) atoms. The second kappa shape index (κ2) is 7.45. The summed E-state index contributed by atoms with van der Waals surface area (Å²) in [6.07, 6.45) is 7.97. The molecule has 0 aliphatic heterocycles. The van der Waals surface area contributed by atoms with E-state index in [0.717, 1.165) is 49.1 Å². The predicted molar refractivity (Wildman–Crippen MR) is 101 cm³/mol. The minimum atomic E-state index is -0.696. The van der Waals surface area contributed by atoms with Crippen LogP contribution in [0.5, 0.6) is 0 Å². The zero-order chi connectivity index (χ0) is 19.9. The molecule has 4 aliphatic rings. The number of hydrogen-bond acceptors (Lipinski definition) is 2. The second-order valence-corrected chi connectivity index (χ2v) is 9.33. The lowest BCUT2D eigenvalue weighted by Gasteiger charge is -2.56. The van der Waals surface area contributed by atoms with Gasteiger partial charge in [-0.2, -0.15) is 0 Å². The van der Waals surface area contributed by atoms with Crippen molar-refractivity contribution in [3.8, 4) is 0 Å². The lowest BCUT2D eigenvalue weighted by atomic mass is 9.49. The van der Waals surface area contributed by atoms with Crippen LogP contribution >= 0.6 is 0 Å². The summed E-state index contributed by atoms with van der Waals surface area (Å²) in [6, 6.07) is 2.68. The van der Waals surface area contributed by atoms with Gasteiger partial charge in [0.25, 0.3) is 0 Å². The maximum Gasteiger partial charge on any atom is 0.239 e. The largest absolute Gasteiger partial charge is 0.348 e. The topological polar surface area (TPSA) is 58.2 Å². The fourth-order valence-corrected chi connectivity index (χ4v) is 6.31. The van der Waals surface area contributed by atoms with Gasteiger partial charge in [0.2, 0.25) is 11.8 Å². The van der Waals surface area contributed by atoms with Gasteiger partial charge in [-0.1, -0.05) is 6.07 Å². The van der Waals surface area contributed by atoms with E-state index in [1.165, 1.54) is 25.3 Å². The first kappa shape index (κ1) is 19.3. The van der Waals surface area contributed by atoms with E-state index in [1.54, 1.807) is 6.92 Å². The summed E-state index contributed by atoms with van der Waals surface area (Å²) >= 11 is 0. The predicted octanol–water partition coefficient (Wildman–Crippen LogP) is 3.86. The van der Waals surface area contributed by atoms with Gasteiger partial charge < -0.3 is 10.6 Å². The average molecular weight is 390 g/mol. The lowest BCUT2D eigenvalue weighted by molar-refractivity contribution is -0.132. The second-order valence-electron chi connectivity index (χ2n) is 9.33. The van der Waals surface area contributed by atoms with Gasteiger partial charge in [0.15, 0.2) is 0 Å². The molecule has 4 saturated carbocycles. The molecule has 4 nitrogen and oxygen atoms in total. The third-order valence-corrected chi connectivity index (χ3v) is 6.95. The smallest absolute Gasteiger partial charge is 0.239 e. The van der Waals surface area contributed by atoms with Gasteiger partial charge in [0.1, 0.15) is 11.6 Å². The van der Waals surface area contributed by atoms with Crippen LogP contribution in [0.1, 0.15) is 63.5 Å². The summed E-state index contributed by atoms with van der Waals surface area (Å²) < 4.78 is 26.8. The van der Waals surface area contributed by atoms with E-state index in [0.29, 0.717) is 6.42 Å². The SMILES string of the molecule is CC(NC(=O)CNC(=O)CC12CC3CC(CC(C3)C1)C2)c1ccc(F)cc1F. The zero-order valence-corrected chi connectivity index (χ0v) is 16.3. The first-order valence-electron chi connectivity index (χ1n) is 10.3. The van der Waals surface area contributed by atoms with Crippen molar-refractivity contribution >= 4 is 11.8 Å². The van der Waals surface area contributed by atoms with E-state index >= 15 is 0 Å². The molecule has 2 amide bonds. The van der Waals surface area contributed by atoms with E-state index in [9.17, 15) is 18.4 Å². The number of rotatable bonds is 6. The highest BCUT2D eigenvalue weighted by atomic mass is 19.1. The molecule has 0 saturated heterocycles. The van der Waals surface area contributed by atoms with Gasteiger partial charge in [0.05, 0.1) is 12.6 Å². The summed E-state index contributed by atoms with van der Waals surface area (Å²) in [5.41, 5.74) is 0.356. The molecular weight excluding hydrogens is 362 g/mol. The van der Waals surface area contributed by atoms with Crippen molar-refractivity contribution < 1.29 is 18.4 Å². The van der Waals surface area contributed by atoms with E-state index in [1.807, 2.05) is 0 Å². The normalized spacial score (nSPS) is 31.5. The molecule has 5 rings (SSSR count). The zero-order valence-electron chi connectivity index (χ0n) is 16.3. The van der Waals surface area contributed by atoms with Crippen molar-refractivity contribution in [3.05, 3.63) is 35.4 Å². The molecule has 4 aliphatic carbocycles. The van der Waals surface area contributed by atoms with Gasteiger partial charge in [-0.05, 0) is 74.7 Å². The molecule has 1 atom stereocenters. The van der Waals surface area contributed by atoms with Crippen LogP contribution < -0.4 is 10.6 Å². The van der Waals surface area contributed by atoms with Crippen LogP contribution in [0.2, 0.25) is 0 Å². The first-order valence-corrected chi connectivity index (χ1v) is 10.3. The van der Waals surface area contributed by atoms with E-state index in [4.69, 9.17) is 0 Å². The van der Waals surface area contributed by atoms with E-state index in [2.05, 4.69) is 10.6 Å². The maximum atomic E-state index is 13.8. The molecule has 152 valence electrons. The molecule has 4 bridgehead atoms. The van der Waals surface area contributed by atoms with Crippen LogP contribution in [0.4, 0.5) is 8.78 Å². The number of benzene rings is 1. The highest BCUT2D eigenvalue weighted by molar-refractivity contribution is 5.85. The summed E-state index contributed by atoms with van der Waals surface area (Å²) in [7, 11) is 0. The summed E-state index contributed by atoms with van der Waals surface area (Å²) in [6.45, 7) is 1.50. The Kier molecular flexibility index (Phi) is 5.15. The van der Waals surface area contributed by atoms with Crippen molar-refractivity contribution in [3.63, 3.8) is 0 Å². The van der Waals surface area contributed by atoms with E-state index in [-0.39, 0.29) is 29.3 Å². The van der Waals surface area contributed by atoms with Crippen LogP contribution in [-0.4, -0.2) is 18.4 Å². The molecule has 1 aromatic rings. The Labute approximate surface area is 164 Å². The minimum Gasteiger partial charge on any atom is -0.348 e. The highest BCUT2D eigenvalue weighted by Gasteiger charge is 2.51. The number of amides is 2. The van der Waals surface area contributed by atoms with Crippen molar-refractivity contribution in [2.24, 2.45) is 23.2 Å². The number of carbonyl (C=O) groups excluding carboxylic acids is 2. The first-order chi connectivity index (χ1) is 13.3. The maximum absolute atomic E-state index is 13.8. The Balaban J connectivity index is 1.26. The Morgan fingerprint density at radius 1 is 1.07 bits per heavy atom. The molecular formula is C22H28F2N2O2. The number of halogens is 2. The standard InChI is InChI=1S/C22H28F2N2O2/c1-13(18-3-2-17(23)7-19(18)24)26-21(28)12-25-20(27)11-22-8-14-4-15(9-22)6-16(5-14)10-22/h2-3,7,13-16H,4-6,8-12H2,1H3,(H,25,27)(H,26,28). The number of hydrogen-bond donors (Lipinski definition) is 2. The van der Waals surface area contributed by atoms with Crippen LogP contribution in [-0.2, 0) is 9.59 Å². The number of nitrogens with one attached hydrogen (secondary N) is 2. The molecule has 4 fully saturated rings. The third-order valence-electron chi connectivity index (χ3n) is 6.95. The highest BCUT2D eigenvalue weighted by Crippen LogP contribution is 2.61. The minimum absolute atomic E-state index is 0.0716. The van der Waals surface area contributed by atoms with Crippen LogP contribution in [0.15, 0.2) is 18.2 Å². The molecule has 0 heterocycles. The van der Waals surface area contributed by atoms with Gasteiger partial charge in [-0.15, -0.1) is 0 Å².